The van der Waals surface area contributed by atoms with E-state index in [-0.39, 0.29) is 12.5 Å². The smallest absolute Gasteiger partial charge is 0.244 e. The maximum Gasteiger partial charge on any atom is 0.244 e. The first-order chi connectivity index (χ1) is 9.16. The van der Waals surface area contributed by atoms with Gasteiger partial charge in [-0.2, -0.15) is 0 Å². The number of carbonyl (C=O) groups excluding carboxylic acids is 1. The number of nitrogens with one attached hydrogen (secondary N) is 1. The molecule has 2 aromatic carbocycles. The molecule has 4 heteroatoms. The summed E-state index contributed by atoms with van der Waals surface area (Å²) < 4.78 is 0. The Balaban J connectivity index is 2.18. The summed E-state index contributed by atoms with van der Waals surface area (Å²) in [4.78, 5) is 13.8. The molecule has 2 aromatic rings. The minimum atomic E-state index is -0.0265. The van der Waals surface area contributed by atoms with Gasteiger partial charge in [0.1, 0.15) is 6.54 Å². The number of anilines is 4. The summed E-state index contributed by atoms with van der Waals surface area (Å²) in [6.07, 6.45) is 0. The lowest BCUT2D eigenvalue weighted by atomic mass is 10.1. The topological polar surface area (TPSA) is 58.4 Å². The number of para-hydroxylation sites is 3. The van der Waals surface area contributed by atoms with E-state index in [0.717, 1.165) is 22.6 Å². The van der Waals surface area contributed by atoms with Crippen LogP contribution in [0, 0.1) is 6.92 Å². The van der Waals surface area contributed by atoms with Gasteiger partial charge in [0, 0.05) is 0 Å². The minimum Gasteiger partial charge on any atom is -0.397 e. The van der Waals surface area contributed by atoms with E-state index in [2.05, 4.69) is 5.32 Å². The number of amides is 1. The van der Waals surface area contributed by atoms with Crippen molar-refractivity contribution < 1.29 is 4.79 Å². The summed E-state index contributed by atoms with van der Waals surface area (Å²) in [6, 6.07) is 13.5. The first-order valence-corrected chi connectivity index (χ1v) is 6.18. The van der Waals surface area contributed by atoms with Crippen LogP contribution in [-0.4, -0.2) is 12.5 Å². The Labute approximate surface area is 111 Å². The second-order valence-electron chi connectivity index (χ2n) is 4.66. The van der Waals surface area contributed by atoms with Gasteiger partial charge in [0.15, 0.2) is 0 Å². The Morgan fingerprint density at radius 3 is 2.74 bits per heavy atom. The molecule has 0 fully saturated rings. The van der Waals surface area contributed by atoms with Crippen LogP contribution in [0.5, 0.6) is 0 Å². The van der Waals surface area contributed by atoms with Crippen molar-refractivity contribution in [3.05, 3.63) is 48.0 Å². The summed E-state index contributed by atoms with van der Waals surface area (Å²) in [5, 5.41) is 2.88. The van der Waals surface area contributed by atoms with Gasteiger partial charge in [-0.3, -0.25) is 4.79 Å². The first kappa shape index (κ1) is 11.6. The molecule has 0 unspecified atom stereocenters. The molecule has 0 aromatic heterocycles. The monoisotopic (exact) mass is 253 g/mol. The molecule has 0 bridgehead atoms. The van der Waals surface area contributed by atoms with Crippen LogP contribution in [0.2, 0.25) is 0 Å². The van der Waals surface area contributed by atoms with Crippen molar-refractivity contribution in [2.75, 3.05) is 22.5 Å². The zero-order valence-electron chi connectivity index (χ0n) is 10.7. The van der Waals surface area contributed by atoms with E-state index in [4.69, 9.17) is 5.73 Å². The summed E-state index contributed by atoms with van der Waals surface area (Å²) >= 11 is 0. The van der Waals surface area contributed by atoms with E-state index in [1.54, 1.807) is 0 Å². The second-order valence-corrected chi connectivity index (χ2v) is 4.66. The second kappa shape index (κ2) is 4.31. The van der Waals surface area contributed by atoms with E-state index < -0.39 is 0 Å². The molecule has 3 rings (SSSR count). The zero-order valence-corrected chi connectivity index (χ0v) is 10.7. The number of hydrogen-bond donors (Lipinski definition) is 2. The fourth-order valence-corrected chi connectivity index (χ4v) is 2.48. The highest BCUT2D eigenvalue weighted by Gasteiger charge is 2.24. The van der Waals surface area contributed by atoms with Crippen LogP contribution in [0.1, 0.15) is 5.56 Å². The van der Waals surface area contributed by atoms with Gasteiger partial charge in [-0.05, 0) is 30.7 Å². The molecule has 0 saturated heterocycles. The van der Waals surface area contributed by atoms with Crippen molar-refractivity contribution in [1.82, 2.24) is 0 Å². The van der Waals surface area contributed by atoms with E-state index >= 15 is 0 Å². The average Bonchev–Trinajstić information content (AvgIpc) is 2.38. The van der Waals surface area contributed by atoms with E-state index in [1.165, 1.54) is 0 Å². The maximum atomic E-state index is 11.8. The van der Waals surface area contributed by atoms with Gasteiger partial charge in [-0.1, -0.05) is 24.3 Å². The Hall–Kier alpha value is -2.49. The van der Waals surface area contributed by atoms with E-state index in [1.807, 2.05) is 54.3 Å². The number of nitrogens with zero attached hydrogens (tertiary/aromatic N) is 1. The molecule has 96 valence electrons. The number of rotatable bonds is 1. The third kappa shape index (κ3) is 1.91. The molecule has 1 amide bonds. The van der Waals surface area contributed by atoms with Crippen LogP contribution < -0.4 is 16.0 Å². The number of fused-ring (bicyclic) bond motifs is 1. The molecule has 3 N–H and O–H groups in total. The largest absolute Gasteiger partial charge is 0.397 e. The molecule has 0 saturated carbocycles. The summed E-state index contributed by atoms with van der Waals surface area (Å²) in [6.45, 7) is 2.28. The standard InChI is InChI=1S/C15H15N3O/c1-10-5-4-6-11(16)15(10)18-9-14(19)17-12-7-2-3-8-13(12)18/h2-8H,9,16H2,1H3,(H,17,19). The molecule has 0 radical (unpaired) electrons. The molecular weight excluding hydrogens is 238 g/mol. The van der Waals surface area contributed by atoms with Crippen molar-refractivity contribution in [2.45, 2.75) is 6.92 Å². The third-order valence-corrected chi connectivity index (χ3v) is 3.31. The first-order valence-electron chi connectivity index (χ1n) is 6.18. The molecule has 1 aliphatic heterocycles. The van der Waals surface area contributed by atoms with Crippen molar-refractivity contribution in [3.63, 3.8) is 0 Å². The molecule has 0 aliphatic carbocycles. The number of hydrogen-bond acceptors (Lipinski definition) is 3. The molecule has 0 atom stereocenters. The average molecular weight is 253 g/mol. The molecule has 4 nitrogen and oxygen atoms in total. The fraction of sp³-hybridized carbons (Fsp3) is 0.133. The molecule has 1 aliphatic rings. The Bertz CT molecular complexity index is 631. The molecule has 0 spiro atoms. The number of benzene rings is 2. The van der Waals surface area contributed by atoms with Crippen molar-refractivity contribution in [2.24, 2.45) is 0 Å². The lowest BCUT2D eigenvalue weighted by Crippen LogP contribution is -2.35. The van der Waals surface area contributed by atoms with Crippen molar-refractivity contribution in [1.29, 1.82) is 0 Å². The summed E-state index contributed by atoms with van der Waals surface area (Å²) in [5.41, 5.74) is 10.5. The van der Waals surface area contributed by atoms with Crippen LogP contribution in [0.15, 0.2) is 42.5 Å². The van der Waals surface area contributed by atoms with Crippen LogP contribution in [-0.2, 0) is 4.79 Å². The number of carbonyl (C=O) groups is 1. The van der Waals surface area contributed by atoms with Crippen LogP contribution in [0.4, 0.5) is 22.7 Å². The highest BCUT2D eigenvalue weighted by molar-refractivity contribution is 6.04. The minimum absolute atomic E-state index is 0.0265. The SMILES string of the molecule is Cc1cccc(N)c1N1CC(=O)Nc2ccccc21. The lowest BCUT2D eigenvalue weighted by molar-refractivity contribution is -0.115. The third-order valence-electron chi connectivity index (χ3n) is 3.31. The van der Waals surface area contributed by atoms with Crippen molar-refractivity contribution in [3.8, 4) is 0 Å². The van der Waals surface area contributed by atoms with Gasteiger partial charge < -0.3 is 16.0 Å². The van der Waals surface area contributed by atoms with E-state index in [9.17, 15) is 4.79 Å². The molecular formula is C15H15N3O. The summed E-state index contributed by atoms with van der Waals surface area (Å²) in [5.74, 6) is -0.0265. The molecule has 19 heavy (non-hydrogen) atoms. The predicted octanol–water partition coefficient (Wildman–Crippen LogP) is 2.67. The van der Waals surface area contributed by atoms with Gasteiger partial charge in [0.25, 0.3) is 0 Å². The van der Waals surface area contributed by atoms with Crippen LogP contribution in [0.3, 0.4) is 0 Å². The van der Waals surface area contributed by atoms with Gasteiger partial charge >= 0.3 is 0 Å². The van der Waals surface area contributed by atoms with Crippen LogP contribution >= 0.6 is 0 Å². The number of nitrogen functional groups attached to an aromatic ring is 1. The maximum absolute atomic E-state index is 11.8. The quantitative estimate of drug-likeness (QED) is 0.768. The van der Waals surface area contributed by atoms with Gasteiger partial charge in [-0.25, -0.2) is 0 Å². The van der Waals surface area contributed by atoms with Gasteiger partial charge in [-0.15, -0.1) is 0 Å². The Kier molecular flexibility index (Phi) is 2.63. The van der Waals surface area contributed by atoms with Gasteiger partial charge in [0.2, 0.25) is 5.91 Å². The lowest BCUT2D eigenvalue weighted by Gasteiger charge is -2.32. The Morgan fingerprint density at radius 1 is 1.16 bits per heavy atom. The van der Waals surface area contributed by atoms with E-state index in [0.29, 0.717) is 5.69 Å². The van der Waals surface area contributed by atoms with Crippen molar-refractivity contribution >= 4 is 28.7 Å². The fourth-order valence-electron chi connectivity index (χ4n) is 2.48. The summed E-state index contributed by atoms with van der Waals surface area (Å²) in [7, 11) is 0. The molecule has 1 heterocycles. The number of nitrogens with two attached hydrogens (primary N) is 1. The highest BCUT2D eigenvalue weighted by Crippen LogP contribution is 2.38. The number of aryl methyl sites for hydroxylation is 1. The van der Waals surface area contributed by atoms with Gasteiger partial charge in [0.05, 0.1) is 22.7 Å². The Morgan fingerprint density at radius 2 is 1.95 bits per heavy atom. The zero-order chi connectivity index (χ0) is 13.4. The van der Waals surface area contributed by atoms with Crippen LogP contribution in [0.25, 0.3) is 0 Å². The normalized spacial score (nSPS) is 13.9. The highest BCUT2D eigenvalue weighted by atomic mass is 16.2. The predicted molar refractivity (Wildman–Crippen MR) is 77.7 cm³/mol.